The number of halogens is 1. The number of rotatable bonds is 2. The third-order valence-electron chi connectivity index (χ3n) is 3.39. The van der Waals surface area contributed by atoms with Crippen LogP contribution in [-0.4, -0.2) is 35.1 Å². The Bertz CT molecular complexity index is 520. The number of anilines is 1. The van der Waals surface area contributed by atoms with Gasteiger partial charge in [0.05, 0.1) is 11.1 Å². The molecule has 1 unspecified atom stereocenters. The van der Waals surface area contributed by atoms with Crippen molar-refractivity contribution in [2.45, 2.75) is 13.3 Å². The zero-order valence-electron chi connectivity index (χ0n) is 10.5. The Kier molecular flexibility index (Phi) is 3.80. The quantitative estimate of drug-likeness (QED) is 0.877. The average molecular weight is 327 g/mol. The summed E-state index contributed by atoms with van der Waals surface area (Å²) in [6.07, 6.45) is 0.478. The monoisotopic (exact) mass is 326 g/mol. The van der Waals surface area contributed by atoms with Crippen molar-refractivity contribution in [2.75, 3.05) is 18.4 Å². The van der Waals surface area contributed by atoms with Crippen molar-refractivity contribution in [3.05, 3.63) is 28.7 Å². The summed E-state index contributed by atoms with van der Waals surface area (Å²) in [5, 5.41) is 11.9. The van der Waals surface area contributed by atoms with Crippen LogP contribution in [0.2, 0.25) is 0 Å². The van der Waals surface area contributed by atoms with Gasteiger partial charge >= 0.3 is 12.0 Å². The van der Waals surface area contributed by atoms with Crippen molar-refractivity contribution >= 4 is 33.6 Å². The minimum Gasteiger partial charge on any atom is -0.481 e. The molecule has 0 bridgehead atoms. The molecule has 1 fully saturated rings. The lowest BCUT2D eigenvalue weighted by atomic mass is 9.90. The Morgan fingerprint density at radius 3 is 2.68 bits per heavy atom. The van der Waals surface area contributed by atoms with Gasteiger partial charge in [-0.1, -0.05) is 12.1 Å². The largest absolute Gasteiger partial charge is 0.481 e. The van der Waals surface area contributed by atoms with Gasteiger partial charge in [-0.3, -0.25) is 4.79 Å². The van der Waals surface area contributed by atoms with Crippen molar-refractivity contribution < 1.29 is 14.7 Å². The summed E-state index contributed by atoms with van der Waals surface area (Å²) in [5.41, 5.74) is -0.165. The first kappa shape index (κ1) is 13.9. The molecule has 5 nitrogen and oxygen atoms in total. The van der Waals surface area contributed by atoms with Gasteiger partial charge in [-0.25, -0.2) is 4.79 Å². The number of para-hydroxylation sites is 1. The van der Waals surface area contributed by atoms with Crippen LogP contribution in [0.1, 0.15) is 13.3 Å². The molecule has 1 saturated heterocycles. The molecule has 1 heterocycles. The first-order chi connectivity index (χ1) is 8.92. The maximum atomic E-state index is 12.1. The smallest absolute Gasteiger partial charge is 0.321 e. The van der Waals surface area contributed by atoms with Crippen LogP contribution < -0.4 is 5.32 Å². The molecule has 2 amide bonds. The van der Waals surface area contributed by atoms with Gasteiger partial charge < -0.3 is 15.3 Å². The molecule has 1 aromatic rings. The van der Waals surface area contributed by atoms with Crippen molar-refractivity contribution in [3.63, 3.8) is 0 Å². The molecule has 6 heteroatoms. The van der Waals surface area contributed by atoms with E-state index in [1.54, 1.807) is 13.0 Å². The minimum atomic E-state index is -0.858. The van der Waals surface area contributed by atoms with E-state index in [0.717, 1.165) is 4.47 Å². The van der Waals surface area contributed by atoms with Crippen LogP contribution in [0.15, 0.2) is 28.7 Å². The van der Waals surface area contributed by atoms with Gasteiger partial charge in [-0.05, 0) is 41.4 Å². The van der Waals surface area contributed by atoms with E-state index in [2.05, 4.69) is 21.2 Å². The topological polar surface area (TPSA) is 69.6 Å². The second-order valence-corrected chi connectivity index (χ2v) is 5.80. The number of hydrogen-bond acceptors (Lipinski definition) is 2. The van der Waals surface area contributed by atoms with Crippen LogP contribution >= 0.6 is 15.9 Å². The van der Waals surface area contributed by atoms with E-state index in [4.69, 9.17) is 5.11 Å². The highest BCUT2D eigenvalue weighted by Gasteiger charge is 2.42. The lowest BCUT2D eigenvalue weighted by Crippen LogP contribution is -2.37. The first-order valence-electron chi connectivity index (χ1n) is 5.96. The lowest BCUT2D eigenvalue weighted by molar-refractivity contribution is -0.146. The molecule has 1 aromatic carbocycles. The number of carboxylic acids is 1. The number of likely N-dealkylation sites (tertiary alicyclic amines) is 1. The molecule has 102 valence electrons. The van der Waals surface area contributed by atoms with Crippen LogP contribution in [-0.2, 0) is 4.79 Å². The fraction of sp³-hybridized carbons (Fsp3) is 0.385. The summed E-state index contributed by atoms with van der Waals surface area (Å²) in [4.78, 5) is 24.8. The number of benzene rings is 1. The number of urea groups is 1. The molecule has 1 aliphatic rings. The van der Waals surface area contributed by atoms with Crippen LogP contribution in [0.5, 0.6) is 0 Å². The highest BCUT2D eigenvalue weighted by Crippen LogP contribution is 2.31. The number of hydrogen-bond donors (Lipinski definition) is 2. The van der Waals surface area contributed by atoms with Crippen molar-refractivity contribution in [3.8, 4) is 0 Å². The molecule has 0 aromatic heterocycles. The number of carboxylic acid groups (broad SMARTS) is 1. The molecule has 0 saturated carbocycles. The number of carbonyl (C=O) groups is 2. The SMILES string of the molecule is CC1(C(=O)O)CCN(C(=O)Nc2ccccc2Br)C1. The lowest BCUT2D eigenvalue weighted by Gasteiger charge is -2.20. The Labute approximate surface area is 119 Å². The Morgan fingerprint density at radius 2 is 2.11 bits per heavy atom. The van der Waals surface area contributed by atoms with E-state index in [-0.39, 0.29) is 12.6 Å². The molecular weight excluding hydrogens is 312 g/mol. The maximum absolute atomic E-state index is 12.1. The van der Waals surface area contributed by atoms with Crippen LogP contribution in [0.4, 0.5) is 10.5 Å². The molecule has 0 radical (unpaired) electrons. The zero-order chi connectivity index (χ0) is 14.0. The summed E-state index contributed by atoms with van der Waals surface area (Å²) in [7, 11) is 0. The second kappa shape index (κ2) is 5.21. The Balaban J connectivity index is 2.03. The van der Waals surface area contributed by atoms with Crippen molar-refractivity contribution in [1.29, 1.82) is 0 Å². The number of aliphatic carboxylic acids is 1. The maximum Gasteiger partial charge on any atom is 0.321 e. The average Bonchev–Trinajstić information content (AvgIpc) is 2.76. The predicted molar refractivity (Wildman–Crippen MR) is 75.1 cm³/mol. The fourth-order valence-electron chi connectivity index (χ4n) is 2.07. The molecule has 1 atom stereocenters. The molecule has 2 N–H and O–H groups in total. The van der Waals surface area contributed by atoms with E-state index < -0.39 is 11.4 Å². The van der Waals surface area contributed by atoms with E-state index >= 15 is 0 Å². The van der Waals surface area contributed by atoms with Gasteiger partial charge in [-0.15, -0.1) is 0 Å². The number of amides is 2. The summed E-state index contributed by atoms with van der Waals surface area (Å²) >= 11 is 3.35. The van der Waals surface area contributed by atoms with Gasteiger partial charge in [0.15, 0.2) is 0 Å². The second-order valence-electron chi connectivity index (χ2n) is 4.95. The number of carbonyl (C=O) groups excluding carboxylic acids is 1. The summed E-state index contributed by atoms with van der Waals surface area (Å²) in [6.45, 7) is 2.36. The predicted octanol–water partition coefficient (Wildman–Crippen LogP) is 2.78. The summed E-state index contributed by atoms with van der Waals surface area (Å²) in [5.74, 6) is -0.858. The normalized spacial score (nSPS) is 22.3. The third kappa shape index (κ3) is 2.89. The number of nitrogens with one attached hydrogen (secondary N) is 1. The van der Waals surface area contributed by atoms with Crippen LogP contribution in [0.3, 0.4) is 0 Å². The minimum absolute atomic E-state index is 0.235. The van der Waals surface area contributed by atoms with E-state index in [9.17, 15) is 9.59 Å². The molecule has 0 spiro atoms. The number of nitrogens with zero attached hydrogens (tertiary/aromatic N) is 1. The molecular formula is C13H15BrN2O3. The standard InChI is InChI=1S/C13H15BrN2O3/c1-13(11(17)18)6-7-16(8-13)12(19)15-10-5-3-2-4-9(10)14/h2-5H,6-8H2,1H3,(H,15,19)(H,17,18). The fourth-order valence-corrected chi connectivity index (χ4v) is 2.45. The van der Waals surface area contributed by atoms with Gasteiger partial charge in [0.2, 0.25) is 0 Å². The molecule has 0 aliphatic carbocycles. The third-order valence-corrected chi connectivity index (χ3v) is 4.08. The van der Waals surface area contributed by atoms with Gasteiger partial charge in [0.25, 0.3) is 0 Å². The van der Waals surface area contributed by atoms with Gasteiger partial charge in [-0.2, -0.15) is 0 Å². The Hall–Kier alpha value is -1.56. The zero-order valence-corrected chi connectivity index (χ0v) is 12.1. The molecule has 2 rings (SSSR count). The first-order valence-corrected chi connectivity index (χ1v) is 6.75. The molecule has 1 aliphatic heterocycles. The van der Waals surface area contributed by atoms with E-state index in [0.29, 0.717) is 18.7 Å². The highest BCUT2D eigenvalue weighted by atomic mass is 79.9. The summed E-state index contributed by atoms with van der Waals surface area (Å²) < 4.78 is 0.795. The summed E-state index contributed by atoms with van der Waals surface area (Å²) in [6, 6.07) is 7.04. The van der Waals surface area contributed by atoms with Crippen molar-refractivity contribution in [2.24, 2.45) is 5.41 Å². The van der Waals surface area contributed by atoms with Gasteiger partial charge in [0.1, 0.15) is 0 Å². The molecule has 19 heavy (non-hydrogen) atoms. The van der Waals surface area contributed by atoms with Gasteiger partial charge in [0, 0.05) is 17.6 Å². The van der Waals surface area contributed by atoms with Crippen LogP contribution in [0, 0.1) is 5.41 Å². The van der Waals surface area contributed by atoms with Crippen molar-refractivity contribution in [1.82, 2.24) is 4.90 Å². The Morgan fingerprint density at radius 1 is 1.42 bits per heavy atom. The highest BCUT2D eigenvalue weighted by molar-refractivity contribution is 9.10. The van der Waals surface area contributed by atoms with E-state index in [1.807, 2.05) is 18.2 Å². The van der Waals surface area contributed by atoms with E-state index in [1.165, 1.54) is 4.90 Å². The van der Waals surface area contributed by atoms with Crippen LogP contribution in [0.25, 0.3) is 0 Å².